The minimum Gasteiger partial charge on any atom is -0.494 e. The summed E-state index contributed by atoms with van der Waals surface area (Å²) >= 11 is 0. The summed E-state index contributed by atoms with van der Waals surface area (Å²) in [5.74, 6) is 0.761. The molecule has 0 aliphatic carbocycles. The van der Waals surface area contributed by atoms with Crippen molar-refractivity contribution in [1.82, 2.24) is 19.9 Å². The first-order valence-corrected chi connectivity index (χ1v) is 7.74. The summed E-state index contributed by atoms with van der Waals surface area (Å²) in [4.78, 5) is 29.5. The second kappa shape index (κ2) is 7.45. The number of aromatic nitrogens is 3. The number of ether oxygens (including phenoxy) is 1. The fourth-order valence-corrected chi connectivity index (χ4v) is 2.31. The van der Waals surface area contributed by atoms with Gasteiger partial charge >= 0.3 is 6.03 Å². The molecule has 0 saturated carbocycles. The van der Waals surface area contributed by atoms with E-state index >= 15 is 0 Å². The van der Waals surface area contributed by atoms with Crippen LogP contribution in [0.25, 0.3) is 10.9 Å². The highest BCUT2D eigenvalue weighted by molar-refractivity contribution is 5.79. The van der Waals surface area contributed by atoms with E-state index in [0.717, 1.165) is 29.5 Å². The zero-order valence-corrected chi connectivity index (χ0v) is 13.1. The van der Waals surface area contributed by atoms with Crippen LogP contribution in [0.2, 0.25) is 0 Å². The largest absolute Gasteiger partial charge is 0.494 e. The fraction of sp³-hybridized carbons (Fsp3) is 0.235. The number of nitrogens with zero attached hydrogens (tertiary/aromatic N) is 2. The number of H-pyrrole nitrogens is 1. The molecule has 0 atom stereocenters. The van der Waals surface area contributed by atoms with Gasteiger partial charge in [0, 0.05) is 35.9 Å². The Labute approximate surface area is 138 Å². The van der Waals surface area contributed by atoms with Crippen molar-refractivity contribution >= 4 is 16.9 Å². The Kier molecular flexibility index (Phi) is 4.90. The molecule has 0 fully saturated rings. The van der Waals surface area contributed by atoms with Gasteiger partial charge in [0.15, 0.2) is 0 Å². The molecule has 7 nitrogen and oxygen atoms in total. The minimum absolute atomic E-state index is 0.117. The van der Waals surface area contributed by atoms with E-state index < -0.39 is 0 Å². The zero-order valence-electron chi connectivity index (χ0n) is 13.1. The quantitative estimate of drug-likeness (QED) is 0.679. The molecule has 124 valence electrons. The van der Waals surface area contributed by atoms with Gasteiger partial charge in [0.2, 0.25) is 5.56 Å². The van der Waals surface area contributed by atoms with Gasteiger partial charge in [0.05, 0.1) is 6.61 Å². The first-order valence-electron chi connectivity index (χ1n) is 7.74. The summed E-state index contributed by atoms with van der Waals surface area (Å²) in [6.45, 7) is 1.15. The van der Waals surface area contributed by atoms with Crippen molar-refractivity contribution in [1.29, 1.82) is 0 Å². The molecule has 0 radical (unpaired) electrons. The van der Waals surface area contributed by atoms with Crippen molar-refractivity contribution in [3.63, 3.8) is 0 Å². The highest BCUT2D eigenvalue weighted by Crippen LogP contribution is 2.18. The summed E-state index contributed by atoms with van der Waals surface area (Å²) in [6.07, 6.45) is 6.28. The molecule has 24 heavy (non-hydrogen) atoms. The molecule has 3 rings (SSSR count). The summed E-state index contributed by atoms with van der Waals surface area (Å²) in [7, 11) is 0. The van der Waals surface area contributed by atoms with Crippen LogP contribution in [0.1, 0.15) is 12.8 Å². The Morgan fingerprint density at radius 2 is 2.17 bits per heavy atom. The number of carbonyl (C=O) groups is 1. The molecule has 3 aromatic rings. The monoisotopic (exact) mass is 326 g/mol. The smallest absolute Gasteiger partial charge is 0.326 e. The van der Waals surface area contributed by atoms with Crippen LogP contribution in [0.15, 0.2) is 53.8 Å². The van der Waals surface area contributed by atoms with E-state index in [-0.39, 0.29) is 11.6 Å². The number of aromatic amines is 1. The lowest BCUT2D eigenvalue weighted by atomic mass is 10.2. The van der Waals surface area contributed by atoms with Crippen molar-refractivity contribution in [2.24, 2.45) is 0 Å². The number of nitrogens with one attached hydrogen (secondary N) is 2. The molecule has 7 heteroatoms. The van der Waals surface area contributed by atoms with E-state index in [4.69, 9.17) is 4.74 Å². The number of carbonyl (C=O) groups excluding carboxylic acids is 1. The number of amides is 1. The Morgan fingerprint density at radius 3 is 3.00 bits per heavy atom. The average molecular weight is 326 g/mol. The third-order valence-corrected chi connectivity index (χ3v) is 3.55. The second-order valence-corrected chi connectivity index (χ2v) is 5.33. The minimum atomic E-state index is -0.183. The summed E-state index contributed by atoms with van der Waals surface area (Å²) in [6, 6.07) is 8.64. The van der Waals surface area contributed by atoms with E-state index in [1.54, 1.807) is 18.5 Å². The number of hydrogen-bond acceptors (Lipinski definition) is 4. The van der Waals surface area contributed by atoms with Gasteiger partial charge in [-0.25, -0.2) is 9.78 Å². The van der Waals surface area contributed by atoms with Crippen LogP contribution in [-0.2, 0) is 0 Å². The molecule has 2 heterocycles. The SMILES string of the molecule is O=C(NCCCCOc1ccc2[nH]c(=O)ccc2c1)n1ccnc1. The van der Waals surface area contributed by atoms with Crippen molar-refractivity contribution in [3.05, 3.63) is 59.4 Å². The van der Waals surface area contributed by atoms with E-state index in [1.807, 2.05) is 18.2 Å². The van der Waals surface area contributed by atoms with Crippen LogP contribution < -0.4 is 15.6 Å². The number of fused-ring (bicyclic) bond motifs is 1. The highest BCUT2D eigenvalue weighted by atomic mass is 16.5. The maximum Gasteiger partial charge on any atom is 0.326 e. The van der Waals surface area contributed by atoms with Gasteiger partial charge in [-0.2, -0.15) is 0 Å². The normalized spacial score (nSPS) is 10.7. The molecule has 0 aliphatic heterocycles. The first-order chi connectivity index (χ1) is 11.7. The fourth-order valence-electron chi connectivity index (χ4n) is 2.31. The van der Waals surface area contributed by atoms with Gasteiger partial charge in [-0.15, -0.1) is 0 Å². The van der Waals surface area contributed by atoms with Crippen LogP contribution in [0.5, 0.6) is 5.75 Å². The molecule has 0 bridgehead atoms. The Morgan fingerprint density at radius 1 is 1.25 bits per heavy atom. The number of unbranched alkanes of at least 4 members (excludes halogenated alkanes) is 1. The van der Waals surface area contributed by atoms with Gasteiger partial charge in [-0.05, 0) is 37.1 Å². The molecule has 1 aromatic carbocycles. The highest BCUT2D eigenvalue weighted by Gasteiger charge is 2.02. The van der Waals surface area contributed by atoms with E-state index in [1.165, 1.54) is 17.0 Å². The molecule has 1 amide bonds. The molecular weight excluding hydrogens is 308 g/mol. The molecule has 2 aromatic heterocycles. The Bertz CT molecular complexity index is 871. The number of hydrogen-bond donors (Lipinski definition) is 2. The standard InChI is InChI=1S/C17H18N4O3/c22-16-6-3-13-11-14(4-5-15(13)20-16)24-10-2-1-7-19-17(23)21-9-8-18-12-21/h3-6,8-9,11-12H,1-2,7,10H2,(H,19,23)(H,20,22). The van der Waals surface area contributed by atoms with E-state index in [2.05, 4.69) is 15.3 Å². The number of rotatable bonds is 6. The predicted octanol–water partition coefficient (Wildman–Crippen LogP) is 2.14. The zero-order chi connectivity index (χ0) is 16.8. The lowest BCUT2D eigenvalue weighted by molar-refractivity contribution is 0.241. The predicted molar refractivity (Wildman–Crippen MR) is 90.3 cm³/mol. The number of benzene rings is 1. The second-order valence-electron chi connectivity index (χ2n) is 5.33. The van der Waals surface area contributed by atoms with Gasteiger partial charge in [-0.3, -0.25) is 9.36 Å². The van der Waals surface area contributed by atoms with Gasteiger partial charge in [0.1, 0.15) is 12.1 Å². The van der Waals surface area contributed by atoms with Crippen molar-refractivity contribution < 1.29 is 9.53 Å². The van der Waals surface area contributed by atoms with E-state index in [0.29, 0.717) is 13.2 Å². The van der Waals surface area contributed by atoms with Crippen LogP contribution in [0.4, 0.5) is 4.79 Å². The number of pyridine rings is 1. The molecular formula is C17H18N4O3. The van der Waals surface area contributed by atoms with Crippen molar-refractivity contribution in [2.45, 2.75) is 12.8 Å². The first kappa shape index (κ1) is 15.8. The van der Waals surface area contributed by atoms with Gasteiger partial charge in [-0.1, -0.05) is 0 Å². The van der Waals surface area contributed by atoms with Gasteiger partial charge in [0.25, 0.3) is 0 Å². The summed E-state index contributed by atoms with van der Waals surface area (Å²) < 4.78 is 7.10. The van der Waals surface area contributed by atoms with Crippen LogP contribution in [-0.4, -0.2) is 33.7 Å². The molecule has 0 unspecified atom stereocenters. The lowest BCUT2D eigenvalue weighted by Gasteiger charge is -2.08. The Hall–Kier alpha value is -3.09. The van der Waals surface area contributed by atoms with Crippen molar-refractivity contribution in [2.75, 3.05) is 13.2 Å². The maximum absolute atomic E-state index is 11.7. The molecule has 0 aliphatic rings. The summed E-state index contributed by atoms with van der Waals surface area (Å²) in [5.41, 5.74) is 0.672. The lowest BCUT2D eigenvalue weighted by Crippen LogP contribution is -2.28. The molecule has 2 N–H and O–H groups in total. The van der Waals surface area contributed by atoms with Crippen LogP contribution >= 0.6 is 0 Å². The molecule has 0 spiro atoms. The van der Waals surface area contributed by atoms with Crippen LogP contribution in [0.3, 0.4) is 0 Å². The molecule has 0 saturated heterocycles. The maximum atomic E-state index is 11.7. The van der Waals surface area contributed by atoms with E-state index in [9.17, 15) is 9.59 Å². The Balaban J connectivity index is 1.39. The third-order valence-electron chi connectivity index (χ3n) is 3.55. The third kappa shape index (κ3) is 4.01. The summed E-state index contributed by atoms with van der Waals surface area (Å²) in [5, 5.41) is 3.74. The number of imidazole rings is 1. The average Bonchev–Trinajstić information content (AvgIpc) is 3.12. The topological polar surface area (TPSA) is 89.0 Å². The van der Waals surface area contributed by atoms with Crippen molar-refractivity contribution in [3.8, 4) is 5.75 Å². The van der Waals surface area contributed by atoms with Gasteiger partial charge < -0.3 is 15.0 Å². The van der Waals surface area contributed by atoms with Crippen LogP contribution in [0, 0.1) is 0 Å².